The SMILES string of the molecule is O=C(NCc1ccccc1Cl)Nc1cccc(N2CCCCC2)c1. The van der Waals surface area contributed by atoms with E-state index < -0.39 is 0 Å². The topological polar surface area (TPSA) is 44.4 Å². The molecule has 1 heterocycles. The molecule has 1 aliphatic heterocycles. The molecule has 2 N–H and O–H groups in total. The minimum Gasteiger partial charge on any atom is -0.371 e. The molecule has 1 aliphatic rings. The van der Waals surface area contributed by atoms with Crippen LogP contribution in [0.5, 0.6) is 0 Å². The Morgan fingerprint density at radius 3 is 2.62 bits per heavy atom. The second-order valence-corrected chi connectivity index (χ2v) is 6.40. The summed E-state index contributed by atoms with van der Waals surface area (Å²) in [7, 11) is 0. The number of urea groups is 1. The molecule has 2 aromatic rings. The van der Waals surface area contributed by atoms with Crippen LogP contribution >= 0.6 is 11.6 Å². The summed E-state index contributed by atoms with van der Waals surface area (Å²) in [6.45, 7) is 2.57. The molecule has 0 unspecified atom stereocenters. The van der Waals surface area contributed by atoms with Gasteiger partial charge >= 0.3 is 6.03 Å². The average Bonchev–Trinajstić information content (AvgIpc) is 2.62. The zero-order chi connectivity index (χ0) is 16.8. The Morgan fingerprint density at radius 2 is 1.83 bits per heavy atom. The van der Waals surface area contributed by atoms with Gasteiger partial charge in [-0.1, -0.05) is 35.9 Å². The number of amides is 2. The fraction of sp³-hybridized carbons (Fsp3) is 0.316. The number of hydrogen-bond donors (Lipinski definition) is 2. The highest BCUT2D eigenvalue weighted by molar-refractivity contribution is 6.31. The van der Waals surface area contributed by atoms with E-state index in [0.29, 0.717) is 11.6 Å². The number of carbonyl (C=O) groups excluding carboxylic acids is 1. The van der Waals surface area contributed by atoms with Crippen LogP contribution in [-0.4, -0.2) is 19.1 Å². The van der Waals surface area contributed by atoms with E-state index in [0.717, 1.165) is 24.3 Å². The largest absolute Gasteiger partial charge is 0.371 e. The smallest absolute Gasteiger partial charge is 0.319 e. The first-order valence-corrected chi connectivity index (χ1v) is 8.73. The number of carbonyl (C=O) groups is 1. The van der Waals surface area contributed by atoms with Gasteiger partial charge in [0.2, 0.25) is 0 Å². The second kappa shape index (κ2) is 8.06. The summed E-state index contributed by atoms with van der Waals surface area (Å²) in [4.78, 5) is 14.5. The first-order valence-electron chi connectivity index (χ1n) is 8.35. The van der Waals surface area contributed by atoms with Crippen LogP contribution in [0.25, 0.3) is 0 Å². The van der Waals surface area contributed by atoms with E-state index in [-0.39, 0.29) is 6.03 Å². The molecule has 0 aliphatic carbocycles. The van der Waals surface area contributed by atoms with Crippen LogP contribution in [0.2, 0.25) is 5.02 Å². The Bertz CT molecular complexity index is 699. The van der Waals surface area contributed by atoms with Gasteiger partial charge in [0, 0.05) is 36.0 Å². The Hall–Kier alpha value is -2.20. The lowest BCUT2D eigenvalue weighted by Gasteiger charge is -2.29. The van der Waals surface area contributed by atoms with Gasteiger partial charge in [-0.3, -0.25) is 0 Å². The Labute approximate surface area is 147 Å². The summed E-state index contributed by atoms with van der Waals surface area (Å²) in [6, 6.07) is 15.3. The predicted octanol–water partition coefficient (Wildman–Crippen LogP) is 4.65. The van der Waals surface area contributed by atoms with Crippen LogP contribution in [-0.2, 0) is 6.54 Å². The highest BCUT2D eigenvalue weighted by Gasteiger charge is 2.11. The van der Waals surface area contributed by atoms with Gasteiger partial charge in [-0.25, -0.2) is 4.79 Å². The summed E-state index contributed by atoms with van der Waals surface area (Å²) in [5.41, 5.74) is 2.87. The zero-order valence-electron chi connectivity index (χ0n) is 13.6. The predicted molar refractivity (Wildman–Crippen MR) is 99.8 cm³/mol. The molecule has 0 spiro atoms. The monoisotopic (exact) mass is 343 g/mol. The van der Waals surface area contributed by atoms with E-state index in [1.807, 2.05) is 42.5 Å². The van der Waals surface area contributed by atoms with Crippen LogP contribution in [0.3, 0.4) is 0 Å². The Kier molecular flexibility index (Phi) is 5.59. The van der Waals surface area contributed by atoms with Crippen molar-refractivity contribution in [3.63, 3.8) is 0 Å². The third-order valence-corrected chi connectivity index (χ3v) is 4.59. The Balaban J connectivity index is 1.57. The third kappa shape index (κ3) is 4.42. The maximum atomic E-state index is 12.1. The van der Waals surface area contributed by atoms with Gasteiger partial charge in [0.15, 0.2) is 0 Å². The first-order chi connectivity index (χ1) is 11.7. The van der Waals surface area contributed by atoms with Gasteiger partial charge in [0.1, 0.15) is 0 Å². The number of hydrogen-bond acceptors (Lipinski definition) is 2. The highest BCUT2D eigenvalue weighted by atomic mass is 35.5. The molecule has 0 radical (unpaired) electrons. The summed E-state index contributed by atoms with van der Waals surface area (Å²) in [6.07, 6.45) is 3.77. The highest BCUT2D eigenvalue weighted by Crippen LogP contribution is 2.23. The van der Waals surface area contributed by atoms with Crippen LogP contribution in [0.1, 0.15) is 24.8 Å². The van der Waals surface area contributed by atoms with Crippen molar-refractivity contribution >= 4 is 29.0 Å². The fourth-order valence-corrected chi connectivity index (χ4v) is 3.13. The van der Waals surface area contributed by atoms with Gasteiger partial charge in [0.05, 0.1) is 0 Å². The van der Waals surface area contributed by atoms with Gasteiger partial charge < -0.3 is 15.5 Å². The third-order valence-electron chi connectivity index (χ3n) is 4.22. The summed E-state index contributed by atoms with van der Waals surface area (Å²) in [5.74, 6) is 0. The maximum Gasteiger partial charge on any atom is 0.319 e. The molecule has 0 atom stereocenters. The lowest BCUT2D eigenvalue weighted by atomic mass is 10.1. The molecule has 3 rings (SSSR count). The van der Waals surface area contributed by atoms with Crippen molar-refractivity contribution in [3.8, 4) is 0 Å². The molecule has 0 aromatic heterocycles. The van der Waals surface area contributed by atoms with Crippen LogP contribution in [0, 0.1) is 0 Å². The lowest BCUT2D eigenvalue weighted by Crippen LogP contribution is -2.30. The average molecular weight is 344 g/mol. The molecule has 2 amide bonds. The number of benzene rings is 2. The molecule has 24 heavy (non-hydrogen) atoms. The number of halogens is 1. The minimum absolute atomic E-state index is 0.231. The van der Waals surface area contributed by atoms with E-state index in [4.69, 9.17) is 11.6 Å². The number of nitrogens with one attached hydrogen (secondary N) is 2. The number of anilines is 2. The quantitative estimate of drug-likeness (QED) is 0.848. The van der Waals surface area contributed by atoms with E-state index >= 15 is 0 Å². The standard InChI is InChI=1S/C19H22ClN3O/c20-18-10-3-2-7-15(18)14-21-19(24)22-16-8-6-9-17(13-16)23-11-4-1-5-12-23/h2-3,6-10,13H,1,4-5,11-12,14H2,(H2,21,22,24). The summed E-state index contributed by atoms with van der Waals surface area (Å²) >= 11 is 6.10. The molecular weight excluding hydrogens is 322 g/mol. The van der Waals surface area contributed by atoms with E-state index in [1.54, 1.807) is 0 Å². The van der Waals surface area contributed by atoms with Crippen molar-refractivity contribution in [2.75, 3.05) is 23.3 Å². The molecule has 2 aromatic carbocycles. The molecule has 0 saturated carbocycles. The fourth-order valence-electron chi connectivity index (χ4n) is 2.93. The molecular formula is C19H22ClN3O. The van der Waals surface area contributed by atoms with E-state index in [9.17, 15) is 4.79 Å². The zero-order valence-corrected chi connectivity index (χ0v) is 14.4. The first kappa shape index (κ1) is 16.7. The minimum atomic E-state index is -0.231. The maximum absolute atomic E-state index is 12.1. The summed E-state index contributed by atoms with van der Waals surface area (Å²) in [5, 5.41) is 6.39. The Morgan fingerprint density at radius 1 is 1.04 bits per heavy atom. The second-order valence-electron chi connectivity index (χ2n) is 6.00. The number of nitrogens with zero attached hydrogens (tertiary/aromatic N) is 1. The molecule has 1 saturated heterocycles. The van der Waals surface area contributed by atoms with Gasteiger partial charge in [-0.15, -0.1) is 0 Å². The molecule has 1 fully saturated rings. The number of rotatable bonds is 4. The number of piperidine rings is 1. The van der Waals surface area contributed by atoms with Crippen molar-refractivity contribution in [1.82, 2.24) is 5.32 Å². The van der Waals surface area contributed by atoms with E-state index in [1.165, 1.54) is 24.9 Å². The molecule has 4 nitrogen and oxygen atoms in total. The lowest BCUT2D eigenvalue weighted by molar-refractivity contribution is 0.252. The van der Waals surface area contributed by atoms with Gasteiger partial charge in [-0.05, 0) is 49.1 Å². The van der Waals surface area contributed by atoms with Gasteiger partial charge in [-0.2, -0.15) is 0 Å². The van der Waals surface area contributed by atoms with Crippen molar-refractivity contribution < 1.29 is 4.79 Å². The van der Waals surface area contributed by atoms with Crippen molar-refractivity contribution in [3.05, 3.63) is 59.1 Å². The van der Waals surface area contributed by atoms with Crippen molar-refractivity contribution in [2.45, 2.75) is 25.8 Å². The van der Waals surface area contributed by atoms with Crippen molar-refractivity contribution in [2.24, 2.45) is 0 Å². The van der Waals surface area contributed by atoms with Crippen LogP contribution < -0.4 is 15.5 Å². The molecule has 5 heteroatoms. The normalized spacial score (nSPS) is 14.3. The van der Waals surface area contributed by atoms with Gasteiger partial charge in [0.25, 0.3) is 0 Å². The molecule has 126 valence electrons. The van der Waals surface area contributed by atoms with Crippen LogP contribution in [0.15, 0.2) is 48.5 Å². The van der Waals surface area contributed by atoms with E-state index in [2.05, 4.69) is 21.6 Å². The van der Waals surface area contributed by atoms with Crippen LogP contribution in [0.4, 0.5) is 16.2 Å². The summed E-state index contributed by atoms with van der Waals surface area (Å²) < 4.78 is 0. The molecule has 0 bridgehead atoms. The van der Waals surface area contributed by atoms with Crippen molar-refractivity contribution in [1.29, 1.82) is 0 Å².